The fraction of sp³-hybridized carbons (Fsp3) is 0.208. The summed E-state index contributed by atoms with van der Waals surface area (Å²) in [6, 6.07) is 13.1. The number of carbonyl (C=O) groups is 1. The Labute approximate surface area is 204 Å². The maximum absolute atomic E-state index is 13.3. The van der Waals surface area contributed by atoms with Gasteiger partial charge >= 0.3 is 0 Å². The topological polar surface area (TPSA) is 94.8 Å². The zero-order chi connectivity index (χ0) is 24.4. The Kier molecular flexibility index (Phi) is 6.37. The van der Waals surface area contributed by atoms with Gasteiger partial charge in [0.05, 0.1) is 12.2 Å². The summed E-state index contributed by atoms with van der Waals surface area (Å²) in [4.78, 5) is 21.6. The molecule has 0 radical (unpaired) electrons. The van der Waals surface area contributed by atoms with E-state index in [4.69, 9.17) is 16.3 Å². The van der Waals surface area contributed by atoms with Gasteiger partial charge in [0.15, 0.2) is 5.82 Å². The molecule has 178 valence electrons. The van der Waals surface area contributed by atoms with Gasteiger partial charge in [0.25, 0.3) is 12.3 Å². The summed E-state index contributed by atoms with van der Waals surface area (Å²) in [7, 11) is 0. The molecule has 1 amide bonds. The number of hydrogen-bond donors (Lipinski definition) is 1. The van der Waals surface area contributed by atoms with E-state index in [0.717, 1.165) is 6.42 Å². The van der Waals surface area contributed by atoms with E-state index < -0.39 is 12.3 Å². The quantitative estimate of drug-likeness (QED) is 0.398. The second-order valence-corrected chi connectivity index (χ2v) is 8.18. The highest BCUT2D eigenvalue weighted by atomic mass is 35.5. The minimum Gasteiger partial charge on any atom is -0.493 e. The number of carbonyl (C=O) groups excluding carboxylic acids is 1. The summed E-state index contributed by atoms with van der Waals surface area (Å²) < 4.78 is 33.4. The molecule has 5 rings (SSSR count). The van der Waals surface area contributed by atoms with Crippen molar-refractivity contribution >= 4 is 23.3 Å². The van der Waals surface area contributed by atoms with Crippen LogP contribution in [0.2, 0.25) is 5.28 Å². The second kappa shape index (κ2) is 9.75. The summed E-state index contributed by atoms with van der Waals surface area (Å²) in [5.41, 5.74) is 1.74. The summed E-state index contributed by atoms with van der Waals surface area (Å²) in [6.07, 6.45) is 0.147. The van der Waals surface area contributed by atoms with Gasteiger partial charge < -0.3 is 10.1 Å². The predicted molar refractivity (Wildman–Crippen MR) is 126 cm³/mol. The van der Waals surface area contributed by atoms with Crippen LogP contribution in [0.5, 0.6) is 5.75 Å². The van der Waals surface area contributed by atoms with Crippen molar-refractivity contribution in [2.24, 2.45) is 0 Å². The smallest absolute Gasteiger partial charge is 0.280 e. The van der Waals surface area contributed by atoms with Crippen LogP contribution in [-0.2, 0) is 6.54 Å². The molecule has 4 aromatic rings. The van der Waals surface area contributed by atoms with Crippen molar-refractivity contribution in [2.45, 2.75) is 25.8 Å². The Morgan fingerprint density at radius 2 is 1.91 bits per heavy atom. The summed E-state index contributed by atoms with van der Waals surface area (Å²) >= 11 is 6.22. The molecule has 0 aliphatic carbocycles. The molecule has 0 saturated heterocycles. The largest absolute Gasteiger partial charge is 0.493 e. The van der Waals surface area contributed by atoms with Gasteiger partial charge in [0.1, 0.15) is 23.0 Å². The number of alkyl halides is 2. The van der Waals surface area contributed by atoms with Gasteiger partial charge in [-0.15, -0.1) is 10.2 Å². The number of pyridine rings is 2. The fourth-order valence-corrected chi connectivity index (χ4v) is 3.96. The first-order valence-electron chi connectivity index (χ1n) is 10.9. The Bertz CT molecular complexity index is 1380. The minimum absolute atomic E-state index is 0.262. The normalized spacial score (nSPS) is 13.9. The van der Waals surface area contributed by atoms with Crippen molar-refractivity contribution in [3.05, 3.63) is 71.3 Å². The van der Waals surface area contributed by atoms with Crippen LogP contribution in [0.1, 0.15) is 35.3 Å². The number of halogens is 3. The van der Waals surface area contributed by atoms with Gasteiger partial charge in [-0.05, 0) is 60.3 Å². The molecule has 0 fully saturated rings. The zero-order valence-electron chi connectivity index (χ0n) is 18.3. The lowest BCUT2D eigenvalue weighted by atomic mass is 10.0. The number of nitrogens with zero attached hydrogens (tertiary/aromatic N) is 5. The Morgan fingerprint density at radius 1 is 1.06 bits per heavy atom. The van der Waals surface area contributed by atoms with Crippen molar-refractivity contribution in [1.82, 2.24) is 24.7 Å². The standard InChI is InChI=1S/C24H19ClF2N6O2/c25-24-32-31-22-18-4-3-5-20(29-18)30-23(34)16-12-14(15-6-8-17(21(26)27)28-13-15)7-9-19(16)35-11-2-1-10-33(22)24/h3-9,12-13,21H,1-2,10-11H2,(H,29,30,34). The van der Waals surface area contributed by atoms with Gasteiger partial charge in [-0.2, -0.15) is 0 Å². The fourth-order valence-electron chi connectivity index (χ4n) is 3.76. The van der Waals surface area contributed by atoms with Gasteiger partial charge in [-0.25, -0.2) is 13.8 Å². The molecule has 0 atom stereocenters. The first-order valence-corrected chi connectivity index (χ1v) is 11.3. The maximum atomic E-state index is 13.3. The SMILES string of the molecule is O=C1Nc2cccc(n2)-c2nnc(Cl)n2CCCCOc2ccc(-c3ccc(C(F)F)nc3)cc21. The van der Waals surface area contributed by atoms with Gasteiger partial charge in [0.2, 0.25) is 5.28 Å². The molecule has 1 aromatic carbocycles. The molecule has 1 aliphatic heterocycles. The van der Waals surface area contributed by atoms with E-state index in [1.807, 2.05) is 0 Å². The summed E-state index contributed by atoms with van der Waals surface area (Å²) in [5.74, 6) is 0.793. The van der Waals surface area contributed by atoms with E-state index in [-0.39, 0.29) is 16.5 Å². The van der Waals surface area contributed by atoms with Crippen LogP contribution in [0.15, 0.2) is 54.7 Å². The first kappa shape index (κ1) is 22.9. The molecule has 8 nitrogen and oxygen atoms in total. The maximum Gasteiger partial charge on any atom is 0.280 e. The monoisotopic (exact) mass is 496 g/mol. The number of amides is 1. The molecule has 4 heterocycles. The molecule has 0 unspecified atom stereocenters. The van der Waals surface area contributed by atoms with Crippen LogP contribution < -0.4 is 10.1 Å². The van der Waals surface area contributed by atoms with Crippen LogP contribution in [0.4, 0.5) is 14.6 Å². The molecule has 1 aliphatic rings. The number of aromatic nitrogens is 5. The van der Waals surface area contributed by atoms with E-state index in [2.05, 4.69) is 25.5 Å². The number of fused-ring (bicyclic) bond motifs is 5. The highest BCUT2D eigenvalue weighted by molar-refractivity contribution is 6.28. The van der Waals surface area contributed by atoms with E-state index in [1.54, 1.807) is 47.0 Å². The third-order valence-electron chi connectivity index (χ3n) is 5.53. The van der Waals surface area contributed by atoms with Crippen LogP contribution in [0.25, 0.3) is 22.6 Å². The van der Waals surface area contributed by atoms with Crippen molar-refractivity contribution in [1.29, 1.82) is 0 Å². The van der Waals surface area contributed by atoms with Gasteiger partial charge in [-0.1, -0.05) is 18.2 Å². The van der Waals surface area contributed by atoms with Crippen LogP contribution in [0, 0.1) is 0 Å². The third kappa shape index (κ3) is 4.83. The van der Waals surface area contributed by atoms with E-state index in [1.165, 1.54) is 12.3 Å². The molecular weight excluding hydrogens is 478 g/mol. The molecule has 35 heavy (non-hydrogen) atoms. The van der Waals surface area contributed by atoms with Crippen molar-refractivity contribution in [2.75, 3.05) is 11.9 Å². The van der Waals surface area contributed by atoms with Crippen LogP contribution >= 0.6 is 11.6 Å². The van der Waals surface area contributed by atoms with Crippen molar-refractivity contribution in [3.8, 4) is 28.4 Å². The van der Waals surface area contributed by atoms with Gasteiger partial charge in [-0.3, -0.25) is 14.3 Å². The highest BCUT2D eigenvalue weighted by Crippen LogP contribution is 2.29. The number of hydrogen-bond acceptors (Lipinski definition) is 6. The molecular formula is C24H19ClF2N6O2. The lowest BCUT2D eigenvalue weighted by Crippen LogP contribution is -2.16. The lowest BCUT2D eigenvalue weighted by molar-refractivity contribution is 0.102. The molecule has 3 aromatic heterocycles. The average molecular weight is 497 g/mol. The predicted octanol–water partition coefficient (Wildman–Crippen LogP) is 5.42. The molecule has 0 spiro atoms. The Hall–Kier alpha value is -3.92. The first-order chi connectivity index (χ1) is 17.0. The van der Waals surface area contributed by atoms with Crippen LogP contribution in [-0.4, -0.2) is 37.2 Å². The number of anilines is 1. The number of benzene rings is 1. The van der Waals surface area contributed by atoms with Crippen molar-refractivity contribution < 1.29 is 18.3 Å². The number of nitrogens with one attached hydrogen (secondary N) is 1. The lowest BCUT2D eigenvalue weighted by Gasteiger charge is -2.15. The zero-order valence-corrected chi connectivity index (χ0v) is 19.0. The van der Waals surface area contributed by atoms with E-state index in [0.29, 0.717) is 53.8 Å². The number of ether oxygens (including phenoxy) is 1. The van der Waals surface area contributed by atoms with Crippen LogP contribution in [0.3, 0.4) is 0 Å². The summed E-state index contributed by atoms with van der Waals surface area (Å²) in [5, 5.41) is 11.2. The van der Waals surface area contributed by atoms with E-state index in [9.17, 15) is 13.6 Å². The third-order valence-corrected chi connectivity index (χ3v) is 5.81. The number of rotatable bonds is 2. The van der Waals surface area contributed by atoms with E-state index >= 15 is 0 Å². The second-order valence-electron chi connectivity index (χ2n) is 7.85. The average Bonchev–Trinajstić information content (AvgIpc) is 3.23. The Morgan fingerprint density at radius 3 is 2.71 bits per heavy atom. The van der Waals surface area contributed by atoms with Crippen molar-refractivity contribution in [3.63, 3.8) is 0 Å². The highest BCUT2D eigenvalue weighted by Gasteiger charge is 2.19. The molecule has 0 saturated carbocycles. The molecule has 1 N–H and O–H groups in total. The summed E-state index contributed by atoms with van der Waals surface area (Å²) in [6.45, 7) is 0.957. The molecule has 11 heteroatoms. The minimum atomic E-state index is -2.65. The Balaban J connectivity index is 1.51. The van der Waals surface area contributed by atoms with Gasteiger partial charge in [0, 0.05) is 18.3 Å². The molecule has 2 bridgehead atoms.